The number of fused-ring (bicyclic) bond motifs is 2. The molecule has 1 saturated heterocycles. The summed E-state index contributed by atoms with van der Waals surface area (Å²) in [4.78, 5) is 17.6. The molecule has 4 nitrogen and oxygen atoms in total. The number of urea groups is 1. The number of carbonyl (C=O) groups is 1. The summed E-state index contributed by atoms with van der Waals surface area (Å²) in [7, 11) is 0. The highest BCUT2D eigenvalue weighted by Gasteiger charge is 2.46. The molecule has 2 amide bonds. The summed E-state index contributed by atoms with van der Waals surface area (Å²) in [6, 6.07) is 14.5. The number of nitrogens with zero attached hydrogens (tertiary/aromatic N) is 2. The zero-order valence-electron chi connectivity index (χ0n) is 16.6. The summed E-state index contributed by atoms with van der Waals surface area (Å²) in [5.74, 6) is 0. The Morgan fingerprint density at radius 1 is 1.04 bits per heavy atom. The van der Waals surface area contributed by atoms with Gasteiger partial charge in [0.05, 0.1) is 0 Å². The molecular weight excluding hydrogens is 334 g/mol. The van der Waals surface area contributed by atoms with E-state index in [0.717, 1.165) is 50.4 Å². The Morgan fingerprint density at radius 2 is 1.70 bits per heavy atom. The fourth-order valence-corrected chi connectivity index (χ4v) is 4.52. The van der Waals surface area contributed by atoms with Gasteiger partial charge in [-0.2, -0.15) is 0 Å². The van der Waals surface area contributed by atoms with Crippen LogP contribution in [0, 0.1) is 13.8 Å². The monoisotopic (exact) mass is 363 g/mol. The molecule has 2 aromatic rings. The summed E-state index contributed by atoms with van der Waals surface area (Å²) in [6.45, 7) is 10.5. The van der Waals surface area contributed by atoms with Crippen molar-refractivity contribution in [1.82, 2.24) is 4.90 Å². The van der Waals surface area contributed by atoms with Crippen LogP contribution < -0.4 is 10.2 Å². The van der Waals surface area contributed by atoms with Gasteiger partial charge in [0.25, 0.3) is 0 Å². The third-order valence-corrected chi connectivity index (χ3v) is 6.28. The van der Waals surface area contributed by atoms with Crippen molar-refractivity contribution in [1.29, 1.82) is 0 Å². The van der Waals surface area contributed by atoms with Crippen LogP contribution in [0.5, 0.6) is 0 Å². The zero-order chi connectivity index (χ0) is 19.0. The van der Waals surface area contributed by atoms with Gasteiger partial charge in [0.15, 0.2) is 0 Å². The Hall–Kier alpha value is -2.33. The molecule has 1 fully saturated rings. The number of nitrogens with one attached hydrogen (secondary N) is 1. The number of hydrogen-bond acceptors (Lipinski definition) is 2. The van der Waals surface area contributed by atoms with Gasteiger partial charge in [-0.1, -0.05) is 42.3 Å². The summed E-state index contributed by atoms with van der Waals surface area (Å²) < 4.78 is 0. The minimum Gasteiger partial charge on any atom is -0.308 e. The van der Waals surface area contributed by atoms with Crippen molar-refractivity contribution in [2.24, 2.45) is 0 Å². The average Bonchev–Trinajstić information content (AvgIpc) is 2.98. The Kier molecular flexibility index (Phi) is 4.68. The van der Waals surface area contributed by atoms with Crippen molar-refractivity contribution in [2.75, 3.05) is 36.4 Å². The van der Waals surface area contributed by atoms with Crippen LogP contribution in [-0.2, 0) is 5.41 Å². The maximum atomic E-state index is 13.1. The van der Waals surface area contributed by atoms with Gasteiger partial charge in [-0.05, 0) is 70.1 Å². The topological polar surface area (TPSA) is 35.6 Å². The maximum Gasteiger partial charge on any atom is 0.326 e. The molecular formula is C23H29N3O. The molecule has 1 spiro atoms. The Balaban J connectivity index is 1.61. The van der Waals surface area contributed by atoms with Crippen molar-refractivity contribution in [2.45, 2.75) is 39.0 Å². The number of rotatable bonds is 2. The van der Waals surface area contributed by atoms with Crippen LogP contribution in [0.3, 0.4) is 0 Å². The van der Waals surface area contributed by atoms with E-state index in [0.29, 0.717) is 0 Å². The lowest BCUT2D eigenvalue weighted by Crippen LogP contribution is -2.46. The summed E-state index contributed by atoms with van der Waals surface area (Å²) in [5, 5.41) is 3.09. The molecule has 1 N–H and O–H groups in total. The Morgan fingerprint density at radius 3 is 2.37 bits per heavy atom. The molecule has 0 saturated carbocycles. The van der Waals surface area contributed by atoms with Crippen LogP contribution in [-0.4, -0.2) is 37.1 Å². The molecule has 0 aromatic heterocycles. The van der Waals surface area contributed by atoms with Gasteiger partial charge in [-0.3, -0.25) is 4.90 Å². The highest BCUT2D eigenvalue weighted by molar-refractivity contribution is 6.03. The van der Waals surface area contributed by atoms with E-state index in [1.54, 1.807) is 0 Å². The minimum absolute atomic E-state index is 0.0289. The Bertz CT molecular complexity index is 835. The summed E-state index contributed by atoms with van der Waals surface area (Å²) in [6.07, 6.45) is 2.23. The van der Waals surface area contributed by atoms with Crippen LogP contribution in [0.4, 0.5) is 16.2 Å². The summed E-state index contributed by atoms with van der Waals surface area (Å²) >= 11 is 0. The number of carbonyl (C=O) groups excluding carboxylic acids is 1. The van der Waals surface area contributed by atoms with Gasteiger partial charge in [0, 0.05) is 23.3 Å². The number of piperidine rings is 1. The average molecular weight is 364 g/mol. The minimum atomic E-state index is -0.0289. The smallest absolute Gasteiger partial charge is 0.308 e. The normalized spacial score (nSPS) is 18.6. The second-order valence-corrected chi connectivity index (χ2v) is 8.12. The van der Waals surface area contributed by atoms with E-state index >= 15 is 0 Å². The second kappa shape index (κ2) is 7.01. The number of hydrogen-bond donors (Lipinski definition) is 1. The number of anilines is 2. The van der Waals surface area contributed by atoms with Gasteiger partial charge in [-0.15, -0.1) is 0 Å². The SMILES string of the molecule is CCN1CCC2(CC1)CN(C(=O)Nc1ccc(C)cc1)c1ccc(C)cc12. The first kappa shape index (κ1) is 18.1. The Labute approximate surface area is 162 Å². The zero-order valence-corrected chi connectivity index (χ0v) is 16.6. The van der Waals surface area contributed by atoms with Crippen LogP contribution in [0.2, 0.25) is 0 Å². The molecule has 142 valence electrons. The molecule has 2 aliphatic heterocycles. The van der Waals surface area contributed by atoms with Gasteiger partial charge >= 0.3 is 6.03 Å². The molecule has 2 heterocycles. The van der Waals surface area contributed by atoms with Crippen molar-refractivity contribution in [3.05, 3.63) is 59.2 Å². The molecule has 4 heteroatoms. The maximum absolute atomic E-state index is 13.1. The van der Waals surface area contributed by atoms with E-state index < -0.39 is 0 Å². The number of likely N-dealkylation sites (tertiary alicyclic amines) is 1. The van der Waals surface area contributed by atoms with E-state index in [-0.39, 0.29) is 11.4 Å². The highest BCUT2D eigenvalue weighted by Crippen LogP contribution is 2.47. The summed E-state index contributed by atoms with van der Waals surface area (Å²) in [5.41, 5.74) is 5.84. The number of amides is 2. The molecule has 2 aliphatic rings. The molecule has 0 atom stereocenters. The van der Waals surface area contributed by atoms with E-state index in [1.165, 1.54) is 16.7 Å². The van der Waals surface area contributed by atoms with E-state index in [2.05, 4.69) is 49.2 Å². The molecule has 0 radical (unpaired) electrons. The largest absolute Gasteiger partial charge is 0.326 e. The van der Waals surface area contributed by atoms with Gasteiger partial charge < -0.3 is 10.2 Å². The van der Waals surface area contributed by atoms with Gasteiger partial charge in [0.1, 0.15) is 0 Å². The van der Waals surface area contributed by atoms with Gasteiger partial charge in [0.2, 0.25) is 0 Å². The molecule has 0 unspecified atom stereocenters. The lowest BCUT2D eigenvalue weighted by atomic mass is 9.74. The molecule has 27 heavy (non-hydrogen) atoms. The van der Waals surface area contributed by atoms with Gasteiger partial charge in [-0.25, -0.2) is 4.79 Å². The molecule has 0 bridgehead atoms. The van der Waals surface area contributed by atoms with Crippen LogP contribution in [0.15, 0.2) is 42.5 Å². The lowest BCUT2D eigenvalue weighted by Gasteiger charge is -2.39. The first-order chi connectivity index (χ1) is 13.0. The van der Waals surface area contributed by atoms with E-state index in [9.17, 15) is 4.79 Å². The standard InChI is InChI=1S/C23H29N3O/c1-4-25-13-11-23(12-14-25)16-26(21-10-7-18(3)15-20(21)23)22(27)24-19-8-5-17(2)6-9-19/h5-10,15H,4,11-14,16H2,1-3H3,(H,24,27). The van der Waals surface area contributed by atoms with Crippen molar-refractivity contribution < 1.29 is 4.79 Å². The second-order valence-electron chi connectivity index (χ2n) is 8.12. The molecule has 0 aliphatic carbocycles. The third kappa shape index (κ3) is 3.34. The number of aryl methyl sites for hydroxylation is 2. The van der Waals surface area contributed by atoms with Crippen molar-refractivity contribution in [3.63, 3.8) is 0 Å². The first-order valence-electron chi connectivity index (χ1n) is 9.99. The van der Waals surface area contributed by atoms with Crippen molar-refractivity contribution in [3.8, 4) is 0 Å². The van der Waals surface area contributed by atoms with Crippen LogP contribution >= 0.6 is 0 Å². The molecule has 2 aromatic carbocycles. The fourth-order valence-electron chi connectivity index (χ4n) is 4.52. The predicted octanol–water partition coefficient (Wildman–Crippen LogP) is 4.71. The van der Waals surface area contributed by atoms with E-state index in [1.807, 2.05) is 29.2 Å². The predicted molar refractivity (Wildman–Crippen MR) is 112 cm³/mol. The number of benzene rings is 2. The fraction of sp³-hybridized carbons (Fsp3) is 0.435. The van der Waals surface area contributed by atoms with Crippen molar-refractivity contribution >= 4 is 17.4 Å². The van der Waals surface area contributed by atoms with Crippen LogP contribution in [0.25, 0.3) is 0 Å². The van der Waals surface area contributed by atoms with Crippen LogP contribution in [0.1, 0.15) is 36.5 Å². The third-order valence-electron chi connectivity index (χ3n) is 6.28. The molecule has 4 rings (SSSR count). The van der Waals surface area contributed by atoms with E-state index in [4.69, 9.17) is 0 Å². The quantitative estimate of drug-likeness (QED) is 0.839. The first-order valence-corrected chi connectivity index (χ1v) is 9.99. The highest BCUT2D eigenvalue weighted by atomic mass is 16.2. The lowest BCUT2D eigenvalue weighted by molar-refractivity contribution is 0.173.